The van der Waals surface area contributed by atoms with Crippen LogP contribution in [0.4, 0.5) is 0 Å². The van der Waals surface area contributed by atoms with Crippen LogP contribution in [0, 0.1) is 0 Å². The number of carbonyl (C=O) groups excluding carboxylic acids is 1. The van der Waals surface area contributed by atoms with Crippen molar-refractivity contribution in [3.63, 3.8) is 0 Å². The van der Waals surface area contributed by atoms with Gasteiger partial charge in [-0.2, -0.15) is 0 Å². The van der Waals surface area contributed by atoms with Gasteiger partial charge in [0.25, 0.3) is 0 Å². The predicted molar refractivity (Wildman–Crippen MR) is 46.0 cm³/mol. The minimum absolute atomic E-state index is 0.594. The van der Waals surface area contributed by atoms with Gasteiger partial charge in [0, 0.05) is 19.3 Å². The molecule has 0 spiro atoms. The van der Waals surface area contributed by atoms with Gasteiger partial charge in [-0.25, -0.2) is 0 Å². The summed E-state index contributed by atoms with van der Waals surface area (Å²) in [5.41, 5.74) is 0. The summed E-state index contributed by atoms with van der Waals surface area (Å²) >= 11 is 3.11. The van der Waals surface area contributed by atoms with Crippen LogP contribution in [0.1, 0.15) is 13.8 Å². The quantitative estimate of drug-likeness (QED) is 0.516. The number of allylic oxidation sites excluding steroid dienone is 1. The van der Waals surface area contributed by atoms with E-state index in [-0.39, 0.29) is 0 Å². The summed E-state index contributed by atoms with van der Waals surface area (Å²) in [6, 6.07) is 0. The Balaban J connectivity index is 3.92. The minimum atomic E-state index is 0.594. The largest absolute Gasteiger partial charge is 0.377 e. The maximum atomic E-state index is 10.1. The summed E-state index contributed by atoms with van der Waals surface area (Å²) in [6.07, 6.45) is 2.59. The molecule has 0 aliphatic heterocycles. The first kappa shape index (κ1) is 9.69. The van der Waals surface area contributed by atoms with Crippen molar-refractivity contribution in [2.75, 3.05) is 13.1 Å². The first-order valence-corrected chi connectivity index (χ1v) is 4.10. The van der Waals surface area contributed by atoms with Gasteiger partial charge in [0.05, 0.1) is 4.48 Å². The zero-order valence-corrected chi connectivity index (χ0v) is 7.89. The molecule has 10 heavy (non-hydrogen) atoms. The Morgan fingerprint density at radius 2 is 2.00 bits per heavy atom. The fraction of sp³-hybridized carbons (Fsp3) is 0.571. The Hall–Kier alpha value is -0.310. The molecule has 0 aromatic carbocycles. The van der Waals surface area contributed by atoms with Gasteiger partial charge in [-0.1, -0.05) is 0 Å². The molecular formula is C7H12BrNO. The van der Waals surface area contributed by atoms with Crippen LogP contribution in [-0.2, 0) is 4.79 Å². The lowest BCUT2D eigenvalue weighted by Crippen LogP contribution is -2.15. The van der Waals surface area contributed by atoms with Crippen molar-refractivity contribution in [1.29, 1.82) is 0 Å². The number of hydrogen-bond acceptors (Lipinski definition) is 2. The van der Waals surface area contributed by atoms with Crippen molar-refractivity contribution >= 4 is 22.2 Å². The maximum absolute atomic E-state index is 10.1. The molecule has 0 heterocycles. The second-order valence-electron chi connectivity index (χ2n) is 1.85. The second kappa shape index (κ2) is 5.47. The Morgan fingerprint density at radius 1 is 1.50 bits per heavy atom. The Bertz CT molecular complexity index is 130. The molecule has 0 aromatic rings. The van der Waals surface area contributed by atoms with Crippen molar-refractivity contribution in [2.45, 2.75) is 13.8 Å². The standard InChI is InChI=1S/C7H12BrNO/c1-3-9(4-2)5-7(8)6-10/h5-6H,3-4H2,1-2H3/b7-5-. The van der Waals surface area contributed by atoms with E-state index in [9.17, 15) is 4.79 Å². The minimum Gasteiger partial charge on any atom is -0.377 e. The van der Waals surface area contributed by atoms with E-state index >= 15 is 0 Å². The molecule has 0 aliphatic carbocycles. The first-order valence-electron chi connectivity index (χ1n) is 3.31. The molecule has 0 saturated carbocycles. The first-order chi connectivity index (χ1) is 4.74. The zero-order valence-electron chi connectivity index (χ0n) is 6.30. The zero-order chi connectivity index (χ0) is 7.98. The summed E-state index contributed by atoms with van der Waals surface area (Å²) in [6.45, 7) is 5.95. The molecule has 0 N–H and O–H groups in total. The van der Waals surface area contributed by atoms with Gasteiger partial charge in [-0.15, -0.1) is 0 Å². The van der Waals surface area contributed by atoms with Gasteiger partial charge in [0.15, 0.2) is 6.29 Å². The lowest BCUT2D eigenvalue weighted by atomic mass is 10.5. The molecule has 0 saturated heterocycles. The predicted octanol–water partition coefficient (Wildman–Crippen LogP) is 1.76. The summed E-state index contributed by atoms with van der Waals surface area (Å²) in [7, 11) is 0. The summed E-state index contributed by atoms with van der Waals surface area (Å²) < 4.78 is 0.594. The molecule has 0 aliphatic rings. The fourth-order valence-electron chi connectivity index (χ4n) is 0.611. The number of aldehydes is 1. The maximum Gasteiger partial charge on any atom is 0.158 e. The number of rotatable bonds is 4. The van der Waals surface area contributed by atoms with Gasteiger partial charge < -0.3 is 4.90 Å². The van der Waals surface area contributed by atoms with Gasteiger partial charge in [0.2, 0.25) is 0 Å². The van der Waals surface area contributed by atoms with Crippen molar-refractivity contribution in [3.8, 4) is 0 Å². The van der Waals surface area contributed by atoms with Crippen LogP contribution in [0.5, 0.6) is 0 Å². The van der Waals surface area contributed by atoms with Crippen molar-refractivity contribution in [2.24, 2.45) is 0 Å². The van der Waals surface area contributed by atoms with E-state index in [0.717, 1.165) is 19.4 Å². The Morgan fingerprint density at radius 3 is 2.30 bits per heavy atom. The SMILES string of the molecule is CCN(/C=C(\Br)C=O)CC. The highest BCUT2D eigenvalue weighted by Gasteiger charge is 1.92. The smallest absolute Gasteiger partial charge is 0.158 e. The van der Waals surface area contributed by atoms with E-state index in [4.69, 9.17) is 0 Å². The molecule has 0 bridgehead atoms. The molecule has 3 heteroatoms. The molecule has 0 unspecified atom stereocenters. The van der Waals surface area contributed by atoms with Crippen LogP contribution in [0.2, 0.25) is 0 Å². The third kappa shape index (κ3) is 3.67. The van der Waals surface area contributed by atoms with E-state index in [0.29, 0.717) is 4.48 Å². The van der Waals surface area contributed by atoms with Crippen LogP contribution in [0.3, 0.4) is 0 Å². The average Bonchev–Trinajstić information content (AvgIpc) is 1.99. The number of nitrogens with zero attached hydrogens (tertiary/aromatic N) is 1. The number of halogens is 1. The van der Waals surface area contributed by atoms with Crippen LogP contribution >= 0.6 is 15.9 Å². The van der Waals surface area contributed by atoms with Crippen molar-refractivity contribution in [3.05, 3.63) is 10.7 Å². The number of carbonyl (C=O) groups is 1. The molecule has 58 valence electrons. The topological polar surface area (TPSA) is 20.3 Å². The Labute approximate surface area is 70.0 Å². The third-order valence-electron chi connectivity index (χ3n) is 1.23. The monoisotopic (exact) mass is 205 g/mol. The van der Waals surface area contributed by atoms with E-state index in [1.54, 1.807) is 6.20 Å². The van der Waals surface area contributed by atoms with Crippen LogP contribution in [0.15, 0.2) is 10.7 Å². The lowest BCUT2D eigenvalue weighted by molar-refractivity contribution is -0.104. The van der Waals surface area contributed by atoms with Crippen molar-refractivity contribution in [1.82, 2.24) is 4.90 Å². The number of hydrogen-bond donors (Lipinski definition) is 0. The van der Waals surface area contributed by atoms with Gasteiger partial charge in [-0.05, 0) is 29.8 Å². The molecular weight excluding hydrogens is 194 g/mol. The summed E-state index contributed by atoms with van der Waals surface area (Å²) in [5, 5.41) is 0. The Kier molecular flexibility index (Phi) is 5.30. The molecule has 0 amide bonds. The summed E-state index contributed by atoms with van der Waals surface area (Å²) in [5.74, 6) is 0. The highest BCUT2D eigenvalue weighted by Crippen LogP contribution is 2.02. The third-order valence-corrected chi connectivity index (χ3v) is 1.62. The molecule has 2 nitrogen and oxygen atoms in total. The second-order valence-corrected chi connectivity index (χ2v) is 2.77. The van der Waals surface area contributed by atoms with E-state index < -0.39 is 0 Å². The molecule has 0 aromatic heterocycles. The van der Waals surface area contributed by atoms with Crippen LogP contribution in [0.25, 0.3) is 0 Å². The highest BCUT2D eigenvalue weighted by atomic mass is 79.9. The highest BCUT2D eigenvalue weighted by molar-refractivity contribution is 9.12. The van der Waals surface area contributed by atoms with E-state index in [1.165, 1.54) is 0 Å². The van der Waals surface area contributed by atoms with Crippen LogP contribution in [-0.4, -0.2) is 24.3 Å². The molecule has 0 radical (unpaired) electrons. The molecule has 0 fully saturated rings. The summed E-state index contributed by atoms with van der Waals surface area (Å²) in [4.78, 5) is 12.2. The lowest BCUT2D eigenvalue weighted by Gasteiger charge is -2.14. The normalized spacial score (nSPS) is 11.3. The molecule has 0 atom stereocenters. The molecule has 0 rings (SSSR count). The van der Waals surface area contributed by atoms with Crippen molar-refractivity contribution < 1.29 is 4.79 Å². The van der Waals surface area contributed by atoms with Gasteiger partial charge in [0.1, 0.15) is 0 Å². The fourth-order valence-corrected chi connectivity index (χ4v) is 0.901. The van der Waals surface area contributed by atoms with E-state index in [2.05, 4.69) is 15.9 Å². The van der Waals surface area contributed by atoms with Crippen LogP contribution < -0.4 is 0 Å². The van der Waals surface area contributed by atoms with E-state index in [1.807, 2.05) is 18.7 Å². The average molecular weight is 206 g/mol. The van der Waals surface area contributed by atoms with Gasteiger partial charge in [-0.3, -0.25) is 4.79 Å². The van der Waals surface area contributed by atoms with Gasteiger partial charge >= 0.3 is 0 Å².